The highest BCUT2D eigenvalue weighted by Crippen LogP contribution is 2.06. The van der Waals surface area contributed by atoms with Crippen LogP contribution in [0.5, 0.6) is 0 Å². The molecule has 3 saturated heterocycles. The van der Waals surface area contributed by atoms with Gasteiger partial charge in [0.2, 0.25) is 5.91 Å². The van der Waals surface area contributed by atoms with Crippen LogP contribution in [0.15, 0.2) is 0 Å². The monoisotopic (exact) mass is 820 g/mol. The molecule has 0 radical (unpaired) electrons. The van der Waals surface area contributed by atoms with Crippen LogP contribution < -0.4 is 47.9 Å². The Morgan fingerprint density at radius 3 is 1.21 bits per heavy atom. The van der Waals surface area contributed by atoms with Crippen molar-refractivity contribution in [2.24, 2.45) is 0 Å². The summed E-state index contributed by atoms with van der Waals surface area (Å²) in [7, 11) is 1.64. The third kappa shape index (κ3) is 27.0. The van der Waals surface area contributed by atoms with Gasteiger partial charge in [0, 0.05) is 105 Å². The molecule has 9 N–H and O–H groups in total. The van der Waals surface area contributed by atoms with Crippen LogP contribution in [0.1, 0.15) is 12.8 Å². The number of amides is 1. The predicted molar refractivity (Wildman–Crippen MR) is 220 cm³/mol. The Labute approximate surface area is 340 Å². The fourth-order valence-corrected chi connectivity index (χ4v) is 6.08. The molecule has 56 heavy (non-hydrogen) atoms. The Kier molecular flexibility index (Phi) is 31.6. The lowest BCUT2D eigenvalue weighted by Crippen LogP contribution is -2.68. The standard InChI is InChI=1S/C37H73N9O9S/c1-3-4-6-44-35(56)46-37-31-41-10-7-38-28-36(29-39-8-11-42-32-37,30-40-9-12-43-33-37)45-34(47)5-13-49-16-17-51-20-21-53-24-25-55-27-26-54-23-22-52-19-18-50-15-14-48-2/h1,38-43H,4-33H2,2H3,(H,45,47)(H2,44,46,56). The maximum absolute atomic E-state index is 13.2. The summed E-state index contributed by atoms with van der Waals surface area (Å²) in [5, 5.41) is 32.2. The van der Waals surface area contributed by atoms with Crippen LogP contribution in [0.25, 0.3) is 0 Å². The normalized spacial score (nSPS) is 21.4. The van der Waals surface area contributed by atoms with Crippen molar-refractivity contribution in [1.29, 1.82) is 0 Å². The Bertz CT molecular complexity index is 975. The summed E-state index contributed by atoms with van der Waals surface area (Å²) in [4.78, 5) is 13.2. The molecule has 0 aromatic heterocycles. The minimum absolute atomic E-state index is 0.0533. The molecule has 19 heteroatoms. The topological polar surface area (TPSA) is 199 Å². The zero-order chi connectivity index (χ0) is 40.1. The van der Waals surface area contributed by atoms with Gasteiger partial charge in [0.05, 0.1) is 110 Å². The molecular formula is C37H73N9O9S. The number of fused-ring (bicyclic) bond motifs is 15. The molecule has 2 bridgehead atoms. The summed E-state index contributed by atoms with van der Waals surface area (Å²) < 4.78 is 43.5. The molecule has 3 aliphatic rings. The number of rotatable bonds is 28. The van der Waals surface area contributed by atoms with Crippen molar-refractivity contribution in [3.63, 3.8) is 0 Å². The maximum atomic E-state index is 13.2. The van der Waals surface area contributed by atoms with Crippen LogP contribution in [0, 0.1) is 12.3 Å². The lowest BCUT2D eigenvalue weighted by Gasteiger charge is -2.39. The van der Waals surface area contributed by atoms with Crippen molar-refractivity contribution in [3.8, 4) is 12.3 Å². The summed E-state index contributed by atoms with van der Waals surface area (Å²) in [6.45, 7) is 16.3. The Hall–Kier alpha value is -1.84. The second kappa shape index (κ2) is 35.1. The van der Waals surface area contributed by atoms with Gasteiger partial charge in [-0.2, -0.15) is 0 Å². The number of thiocarbonyl (C=S) groups is 1. The van der Waals surface area contributed by atoms with Crippen molar-refractivity contribution in [2.75, 3.05) is 191 Å². The van der Waals surface area contributed by atoms with Gasteiger partial charge < -0.3 is 85.7 Å². The quantitative estimate of drug-likeness (QED) is 0.0217. The van der Waals surface area contributed by atoms with Crippen LogP contribution in [0.3, 0.4) is 0 Å². The Balaban J connectivity index is 1.57. The van der Waals surface area contributed by atoms with Crippen LogP contribution in [0.2, 0.25) is 0 Å². The van der Waals surface area contributed by atoms with E-state index >= 15 is 0 Å². The summed E-state index contributed by atoms with van der Waals surface area (Å²) in [5.41, 5.74) is -0.870. The summed E-state index contributed by atoms with van der Waals surface area (Å²) >= 11 is 5.62. The smallest absolute Gasteiger partial charge is 0.222 e. The number of methoxy groups -OCH3 is 1. The molecule has 3 fully saturated rings. The number of hydrogen-bond donors (Lipinski definition) is 9. The molecule has 0 unspecified atom stereocenters. The van der Waals surface area contributed by atoms with E-state index in [9.17, 15) is 4.79 Å². The molecule has 326 valence electrons. The van der Waals surface area contributed by atoms with Crippen LogP contribution in [-0.4, -0.2) is 213 Å². The number of carbonyl (C=O) groups is 1. The molecule has 0 aromatic rings. The van der Waals surface area contributed by atoms with Gasteiger partial charge in [0.25, 0.3) is 0 Å². The molecular weight excluding hydrogens is 747 g/mol. The zero-order valence-corrected chi connectivity index (χ0v) is 34.7. The first-order valence-corrected chi connectivity index (χ1v) is 20.5. The summed E-state index contributed by atoms with van der Waals surface area (Å²) in [6.07, 6.45) is 6.28. The highest BCUT2D eigenvalue weighted by molar-refractivity contribution is 7.80. The van der Waals surface area contributed by atoms with Gasteiger partial charge in [0.1, 0.15) is 0 Å². The first-order valence-electron chi connectivity index (χ1n) is 20.1. The number of ether oxygens (including phenoxy) is 8. The Morgan fingerprint density at radius 1 is 0.554 bits per heavy atom. The van der Waals surface area contributed by atoms with E-state index in [4.69, 9.17) is 56.5 Å². The fourth-order valence-electron chi connectivity index (χ4n) is 5.76. The third-order valence-electron chi connectivity index (χ3n) is 8.69. The van der Waals surface area contributed by atoms with Gasteiger partial charge in [-0.3, -0.25) is 4.79 Å². The second-order valence-electron chi connectivity index (χ2n) is 13.5. The van der Waals surface area contributed by atoms with Crippen LogP contribution in [0.4, 0.5) is 0 Å². The number of nitrogens with one attached hydrogen (secondary N) is 9. The van der Waals surface area contributed by atoms with E-state index in [2.05, 4.69) is 53.8 Å². The highest BCUT2D eigenvalue weighted by atomic mass is 32.1. The lowest BCUT2D eigenvalue weighted by atomic mass is 9.97. The third-order valence-corrected chi connectivity index (χ3v) is 8.94. The van der Waals surface area contributed by atoms with E-state index in [-0.39, 0.29) is 17.9 Å². The van der Waals surface area contributed by atoms with Crippen molar-refractivity contribution in [2.45, 2.75) is 23.9 Å². The lowest BCUT2D eigenvalue weighted by molar-refractivity contribution is -0.124. The summed E-state index contributed by atoms with van der Waals surface area (Å²) in [5.74, 6) is 2.59. The van der Waals surface area contributed by atoms with Gasteiger partial charge in [-0.15, -0.1) is 12.3 Å². The molecule has 3 heterocycles. The number of terminal acetylenes is 1. The largest absolute Gasteiger partial charge is 0.382 e. The van der Waals surface area contributed by atoms with E-state index in [1.165, 1.54) is 0 Å². The van der Waals surface area contributed by atoms with E-state index in [1.807, 2.05) is 0 Å². The van der Waals surface area contributed by atoms with E-state index in [0.29, 0.717) is 156 Å². The van der Waals surface area contributed by atoms with Gasteiger partial charge in [-0.1, -0.05) is 0 Å². The summed E-state index contributed by atoms with van der Waals surface area (Å²) in [6, 6.07) is 0. The van der Waals surface area contributed by atoms with Gasteiger partial charge in [-0.05, 0) is 12.2 Å². The highest BCUT2D eigenvalue weighted by Gasteiger charge is 2.33. The average molecular weight is 820 g/mol. The Morgan fingerprint density at radius 2 is 0.875 bits per heavy atom. The SMILES string of the molecule is C#CCCNC(=S)NC12CNCCNCC(NC(=O)CCOCCOCCOCCOCCOCCOCCOCCOC)(CNCCNC1)CNCCNC2. The molecule has 0 saturated carbocycles. The number of hydrogen-bond acceptors (Lipinski definition) is 16. The minimum Gasteiger partial charge on any atom is -0.382 e. The predicted octanol–water partition coefficient (Wildman–Crippen LogP) is -3.21. The van der Waals surface area contributed by atoms with Crippen molar-refractivity contribution in [3.05, 3.63) is 0 Å². The molecule has 3 rings (SSSR count). The minimum atomic E-state index is -0.523. The van der Waals surface area contributed by atoms with Crippen molar-refractivity contribution in [1.82, 2.24) is 47.9 Å². The molecule has 0 aromatic carbocycles. The molecule has 0 aliphatic carbocycles. The van der Waals surface area contributed by atoms with Gasteiger partial charge in [0.15, 0.2) is 5.11 Å². The van der Waals surface area contributed by atoms with E-state index < -0.39 is 5.54 Å². The first-order chi connectivity index (χ1) is 27.5. The van der Waals surface area contributed by atoms with Crippen LogP contribution >= 0.6 is 12.2 Å². The van der Waals surface area contributed by atoms with Gasteiger partial charge in [-0.25, -0.2) is 0 Å². The maximum Gasteiger partial charge on any atom is 0.222 e. The van der Waals surface area contributed by atoms with Crippen LogP contribution in [-0.2, 0) is 42.7 Å². The van der Waals surface area contributed by atoms with E-state index in [1.54, 1.807) is 7.11 Å². The molecule has 1 amide bonds. The zero-order valence-electron chi connectivity index (χ0n) is 33.9. The molecule has 18 nitrogen and oxygen atoms in total. The first kappa shape index (κ1) is 50.3. The molecule has 3 aliphatic heterocycles. The fraction of sp³-hybridized carbons (Fsp3) is 0.892. The average Bonchev–Trinajstić information content (AvgIpc) is 3.19. The second-order valence-corrected chi connectivity index (χ2v) is 13.9. The molecule has 0 spiro atoms. The van der Waals surface area contributed by atoms with Gasteiger partial charge >= 0.3 is 0 Å². The van der Waals surface area contributed by atoms with Crippen molar-refractivity contribution < 1.29 is 42.7 Å². The number of carbonyl (C=O) groups excluding carboxylic acids is 1. The van der Waals surface area contributed by atoms with Crippen molar-refractivity contribution >= 4 is 23.2 Å². The molecule has 0 atom stereocenters. The van der Waals surface area contributed by atoms with E-state index in [0.717, 1.165) is 39.3 Å².